The molecule has 1 aliphatic rings. The molecule has 0 aliphatic carbocycles. The number of benzene rings is 1. The number of nitrogens with one attached hydrogen (secondary N) is 1. The number of fused-ring (bicyclic) bond motifs is 4. The summed E-state index contributed by atoms with van der Waals surface area (Å²) >= 11 is 0. The fourth-order valence-electron chi connectivity index (χ4n) is 4.43. The van der Waals surface area contributed by atoms with Crippen LogP contribution in [0.3, 0.4) is 0 Å². The average Bonchev–Trinajstić information content (AvgIpc) is 3.47. The molecule has 0 unspecified atom stereocenters. The minimum atomic E-state index is -0.441. The SMILES string of the molecule is O=C(Nc1ccc2c(c1)nc1n2CCC1)c1cc2cc(F)cnc2n1Cc1ccncc1. The summed E-state index contributed by atoms with van der Waals surface area (Å²) in [5.41, 5.74) is 4.54. The largest absolute Gasteiger partial charge is 0.328 e. The molecular formula is C24H19FN6O. The lowest BCUT2D eigenvalue weighted by molar-refractivity contribution is 0.101. The van der Waals surface area contributed by atoms with Crippen LogP contribution in [0.1, 0.15) is 28.3 Å². The predicted molar refractivity (Wildman–Crippen MR) is 119 cm³/mol. The average molecular weight is 426 g/mol. The first-order valence-electron chi connectivity index (χ1n) is 10.5. The van der Waals surface area contributed by atoms with Crippen LogP contribution in [-0.4, -0.2) is 30.0 Å². The van der Waals surface area contributed by atoms with Gasteiger partial charge in [-0.05, 0) is 54.4 Å². The fourth-order valence-corrected chi connectivity index (χ4v) is 4.43. The molecule has 0 bridgehead atoms. The van der Waals surface area contributed by atoms with Crippen LogP contribution < -0.4 is 5.32 Å². The Hall–Kier alpha value is -4.07. The number of carbonyl (C=O) groups is 1. The lowest BCUT2D eigenvalue weighted by Gasteiger charge is -2.11. The molecule has 8 heteroatoms. The smallest absolute Gasteiger partial charge is 0.272 e. The van der Waals surface area contributed by atoms with Gasteiger partial charge in [0.2, 0.25) is 0 Å². The molecule has 0 saturated carbocycles. The fraction of sp³-hybridized carbons (Fsp3) is 0.167. The third kappa shape index (κ3) is 3.11. The summed E-state index contributed by atoms with van der Waals surface area (Å²) in [5, 5.41) is 3.55. The molecule has 1 N–H and O–H groups in total. The predicted octanol–water partition coefficient (Wildman–Crippen LogP) is 4.17. The molecule has 0 spiro atoms. The molecule has 5 aromatic rings. The van der Waals surface area contributed by atoms with Gasteiger partial charge < -0.3 is 14.5 Å². The Kier molecular flexibility index (Phi) is 4.24. The highest BCUT2D eigenvalue weighted by atomic mass is 19.1. The maximum atomic E-state index is 13.8. The van der Waals surface area contributed by atoms with Crippen molar-refractivity contribution < 1.29 is 9.18 Å². The monoisotopic (exact) mass is 426 g/mol. The number of nitrogens with zero attached hydrogens (tertiary/aromatic N) is 5. The number of imidazole rings is 1. The Balaban J connectivity index is 1.37. The molecule has 4 aromatic heterocycles. The number of hydrogen-bond acceptors (Lipinski definition) is 4. The molecule has 5 heterocycles. The van der Waals surface area contributed by atoms with Crippen molar-refractivity contribution in [1.82, 2.24) is 24.1 Å². The van der Waals surface area contributed by atoms with Gasteiger partial charge in [-0.3, -0.25) is 9.78 Å². The molecule has 7 nitrogen and oxygen atoms in total. The highest BCUT2D eigenvalue weighted by Gasteiger charge is 2.19. The van der Waals surface area contributed by atoms with Crippen LogP contribution in [0.25, 0.3) is 22.1 Å². The quantitative estimate of drug-likeness (QED) is 0.468. The van der Waals surface area contributed by atoms with Crippen LogP contribution in [-0.2, 0) is 19.5 Å². The number of amides is 1. The van der Waals surface area contributed by atoms with Gasteiger partial charge in [-0.1, -0.05) is 0 Å². The van der Waals surface area contributed by atoms with Crippen molar-refractivity contribution in [3.8, 4) is 0 Å². The van der Waals surface area contributed by atoms with Gasteiger partial charge in [0.1, 0.15) is 23.0 Å². The van der Waals surface area contributed by atoms with Gasteiger partial charge in [-0.15, -0.1) is 0 Å². The summed E-state index contributed by atoms with van der Waals surface area (Å²) in [7, 11) is 0. The van der Waals surface area contributed by atoms with Crippen LogP contribution in [0.4, 0.5) is 10.1 Å². The summed E-state index contributed by atoms with van der Waals surface area (Å²) in [4.78, 5) is 26.2. The van der Waals surface area contributed by atoms with Crippen molar-refractivity contribution in [2.24, 2.45) is 0 Å². The van der Waals surface area contributed by atoms with E-state index in [0.29, 0.717) is 29.0 Å². The van der Waals surface area contributed by atoms with E-state index in [1.54, 1.807) is 23.0 Å². The van der Waals surface area contributed by atoms with E-state index in [2.05, 4.69) is 19.9 Å². The van der Waals surface area contributed by atoms with Crippen molar-refractivity contribution in [3.63, 3.8) is 0 Å². The molecule has 0 atom stereocenters. The minimum Gasteiger partial charge on any atom is -0.328 e. The van der Waals surface area contributed by atoms with Crippen molar-refractivity contribution in [2.75, 3.05) is 5.32 Å². The van der Waals surface area contributed by atoms with Crippen molar-refractivity contribution in [2.45, 2.75) is 25.9 Å². The Morgan fingerprint density at radius 3 is 2.88 bits per heavy atom. The summed E-state index contributed by atoms with van der Waals surface area (Å²) in [6.07, 6.45) is 6.66. The second-order valence-electron chi connectivity index (χ2n) is 7.98. The second kappa shape index (κ2) is 7.26. The van der Waals surface area contributed by atoms with Crippen LogP contribution in [0.5, 0.6) is 0 Å². The maximum absolute atomic E-state index is 13.8. The van der Waals surface area contributed by atoms with Crippen LogP contribution >= 0.6 is 0 Å². The molecule has 158 valence electrons. The minimum absolute atomic E-state index is 0.288. The number of hydrogen-bond donors (Lipinski definition) is 1. The molecule has 6 rings (SSSR count). The molecule has 0 radical (unpaired) electrons. The maximum Gasteiger partial charge on any atom is 0.272 e. The standard InChI is InChI=1S/C24H19FN6O/c25-17-10-16-11-21(31(23(16)27-13-17)14-15-5-7-26-8-6-15)24(32)28-18-3-4-20-19(12-18)29-22-2-1-9-30(20)22/h3-8,10-13H,1-2,9,14H2,(H,28,32). The first kappa shape index (κ1) is 18.7. The zero-order chi connectivity index (χ0) is 21.7. The lowest BCUT2D eigenvalue weighted by atomic mass is 10.2. The van der Waals surface area contributed by atoms with Gasteiger partial charge in [0.25, 0.3) is 5.91 Å². The highest BCUT2D eigenvalue weighted by Crippen LogP contribution is 2.26. The zero-order valence-electron chi connectivity index (χ0n) is 17.1. The van der Waals surface area contributed by atoms with Crippen LogP contribution in [0, 0.1) is 5.82 Å². The lowest BCUT2D eigenvalue weighted by Crippen LogP contribution is -2.17. The van der Waals surface area contributed by atoms with E-state index in [0.717, 1.165) is 41.8 Å². The summed E-state index contributed by atoms with van der Waals surface area (Å²) in [5.74, 6) is 0.362. The van der Waals surface area contributed by atoms with E-state index in [4.69, 9.17) is 4.98 Å². The van der Waals surface area contributed by atoms with Gasteiger partial charge in [-0.2, -0.15) is 0 Å². The third-order valence-electron chi connectivity index (χ3n) is 5.89. The van der Waals surface area contributed by atoms with Gasteiger partial charge >= 0.3 is 0 Å². The van der Waals surface area contributed by atoms with E-state index in [1.807, 2.05) is 30.3 Å². The molecule has 0 saturated heterocycles. The third-order valence-corrected chi connectivity index (χ3v) is 5.89. The Morgan fingerprint density at radius 2 is 2.00 bits per heavy atom. The van der Waals surface area contributed by atoms with E-state index in [-0.39, 0.29) is 5.91 Å². The molecular weight excluding hydrogens is 407 g/mol. The van der Waals surface area contributed by atoms with Gasteiger partial charge in [-0.25, -0.2) is 14.4 Å². The number of rotatable bonds is 4. The molecule has 1 aliphatic heterocycles. The van der Waals surface area contributed by atoms with E-state index in [1.165, 1.54) is 12.3 Å². The van der Waals surface area contributed by atoms with Gasteiger partial charge in [0.15, 0.2) is 0 Å². The van der Waals surface area contributed by atoms with Gasteiger partial charge in [0, 0.05) is 43.0 Å². The Labute approximate surface area is 182 Å². The number of pyridine rings is 2. The summed E-state index contributed by atoms with van der Waals surface area (Å²) in [6, 6.07) is 12.6. The number of anilines is 1. The molecule has 1 amide bonds. The number of halogens is 1. The molecule has 32 heavy (non-hydrogen) atoms. The number of aromatic nitrogens is 5. The summed E-state index contributed by atoms with van der Waals surface area (Å²) < 4.78 is 17.8. The molecule has 0 fully saturated rings. The van der Waals surface area contributed by atoms with Gasteiger partial charge in [0.05, 0.1) is 17.2 Å². The van der Waals surface area contributed by atoms with E-state index < -0.39 is 5.82 Å². The zero-order valence-corrected chi connectivity index (χ0v) is 17.1. The van der Waals surface area contributed by atoms with E-state index >= 15 is 0 Å². The Bertz CT molecular complexity index is 1490. The topological polar surface area (TPSA) is 77.6 Å². The second-order valence-corrected chi connectivity index (χ2v) is 7.98. The number of aryl methyl sites for hydroxylation is 2. The van der Waals surface area contributed by atoms with Crippen molar-refractivity contribution in [3.05, 3.63) is 84.0 Å². The van der Waals surface area contributed by atoms with E-state index in [9.17, 15) is 9.18 Å². The first-order valence-corrected chi connectivity index (χ1v) is 10.5. The summed E-state index contributed by atoms with van der Waals surface area (Å²) in [6.45, 7) is 1.40. The van der Waals surface area contributed by atoms with Crippen LogP contribution in [0.2, 0.25) is 0 Å². The van der Waals surface area contributed by atoms with Crippen molar-refractivity contribution in [1.29, 1.82) is 0 Å². The van der Waals surface area contributed by atoms with Crippen LogP contribution in [0.15, 0.2) is 61.1 Å². The highest BCUT2D eigenvalue weighted by molar-refractivity contribution is 6.06. The van der Waals surface area contributed by atoms with Crippen molar-refractivity contribution >= 4 is 33.7 Å². The molecule has 1 aromatic carbocycles. The Morgan fingerprint density at radius 1 is 1.12 bits per heavy atom. The normalized spacial score (nSPS) is 13.0. The number of carbonyl (C=O) groups excluding carboxylic acids is 1. The first-order chi connectivity index (χ1) is 15.7.